The van der Waals surface area contributed by atoms with Gasteiger partial charge >= 0.3 is 0 Å². The van der Waals surface area contributed by atoms with Crippen molar-refractivity contribution in [3.05, 3.63) is 22.8 Å². The van der Waals surface area contributed by atoms with E-state index >= 15 is 0 Å². The number of hydrogen-bond donors (Lipinski definition) is 3. The molecule has 0 amide bonds. The molecule has 3 aliphatic rings. The summed E-state index contributed by atoms with van der Waals surface area (Å²) in [6, 6.07) is 0. The van der Waals surface area contributed by atoms with Crippen LogP contribution in [0.3, 0.4) is 0 Å². The van der Waals surface area contributed by atoms with E-state index in [9.17, 15) is 15.3 Å². The van der Waals surface area contributed by atoms with Gasteiger partial charge in [0.05, 0.1) is 17.8 Å². The molecule has 172 valence electrons. The molecule has 0 aromatic rings. The smallest absolute Gasteiger partial charge is 0.0774 e. The van der Waals surface area contributed by atoms with Crippen LogP contribution < -0.4 is 0 Å². The first-order valence-corrected chi connectivity index (χ1v) is 12.5. The van der Waals surface area contributed by atoms with E-state index in [1.165, 1.54) is 37.7 Å². The van der Waals surface area contributed by atoms with Crippen molar-refractivity contribution in [2.24, 2.45) is 23.2 Å². The number of aliphatic hydroxyl groups is 3. The van der Waals surface area contributed by atoms with E-state index < -0.39 is 11.7 Å². The standard InChI is InChI=1S/C27H46O3/c1-18(8-6-14-26(3,4)30)23-12-13-24-20(9-7-15-27(23,24)5)10-11-21-16-22(28)17-25(29)19(21)2/h9,18,22-25,28-30H,6-8,10-17H2,1-5H3/t18-,22-,23-,24+,25+,27-/m1/s1. The van der Waals surface area contributed by atoms with E-state index in [1.54, 1.807) is 5.57 Å². The maximum atomic E-state index is 10.2. The second-order valence-corrected chi connectivity index (χ2v) is 11.6. The minimum Gasteiger partial charge on any atom is -0.393 e. The molecule has 0 bridgehead atoms. The monoisotopic (exact) mass is 418 g/mol. The minimum atomic E-state index is -0.546. The van der Waals surface area contributed by atoms with Crippen LogP contribution in [0.5, 0.6) is 0 Å². The van der Waals surface area contributed by atoms with Gasteiger partial charge in [-0.2, -0.15) is 0 Å². The van der Waals surface area contributed by atoms with Gasteiger partial charge in [0.1, 0.15) is 0 Å². The van der Waals surface area contributed by atoms with E-state index in [0.717, 1.165) is 49.5 Å². The molecule has 0 heterocycles. The Hall–Kier alpha value is -0.640. The second-order valence-electron chi connectivity index (χ2n) is 11.6. The van der Waals surface area contributed by atoms with Crippen LogP contribution in [-0.2, 0) is 0 Å². The fourth-order valence-corrected chi connectivity index (χ4v) is 7.01. The lowest BCUT2D eigenvalue weighted by atomic mass is 9.61. The molecule has 3 aliphatic carbocycles. The van der Waals surface area contributed by atoms with Gasteiger partial charge < -0.3 is 15.3 Å². The normalized spacial score (nSPS) is 35.9. The van der Waals surface area contributed by atoms with E-state index in [1.807, 2.05) is 20.8 Å². The Bertz CT molecular complexity index is 656. The van der Waals surface area contributed by atoms with Crippen molar-refractivity contribution >= 4 is 0 Å². The molecule has 0 unspecified atom stereocenters. The van der Waals surface area contributed by atoms with E-state index in [0.29, 0.717) is 17.8 Å². The zero-order valence-electron chi connectivity index (χ0n) is 20.1. The fourth-order valence-electron chi connectivity index (χ4n) is 7.01. The molecule has 0 spiro atoms. The number of rotatable bonds is 8. The summed E-state index contributed by atoms with van der Waals surface area (Å²) >= 11 is 0. The van der Waals surface area contributed by atoms with Crippen LogP contribution in [0.4, 0.5) is 0 Å². The van der Waals surface area contributed by atoms with E-state index in [4.69, 9.17) is 0 Å². The maximum absolute atomic E-state index is 10.2. The first-order valence-electron chi connectivity index (χ1n) is 12.5. The molecular formula is C27H46O3. The molecule has 30 heavy (non-hydrogen) atoms. The van der Waals surface area contributed by atoms with Crippen molar-refractivity contribution in [1.82, 2.24) is 0 Å². The van der Waals surface area contributed by atoms with Gasteiger partial charge in [0.15, 0.2) is 0 Å². The summed E-state index contributed by atoms with van der Waals surface area (Å²) in [5.74, 6) is 2.20. The molecule has 0 aromatic carbocycles. The highest BCUT2D eigenvalue weighted by molar-refractivity contribution is 5.25. The quantitative estimate of drug-likeness (QED) is 0.428. The van der Waals surface area contributed by atoms with E-state index in [2.05, 4.69) is 19.9 Å². The molecule has 3 nitrogen and oxygen atoms in total. The first kappa shape index (κ1) is 24.0. The largest absolute Gasteiger partial charge is 0.393 e. The van der Waals surface area contributed by atoms with Crippen LogP contribution in [0, 0.1) is 23.2 Å². The maximum Gasteiger partial charge on any atom is 0.0774 e. The van der Waals surface area contributed by atoms with Gasteiger partial charge in [0.25, 0.3) is 0 Å². The van der Waals surface area contributed by atoms with E-state index in [-0.39, 0.29) is 6.10 Å². The third kappa shape index (κ3) is 5.40. The molecule has 1 fully saturated rings. The molecule has 3 rings (SSSR count). The van der Waals surface area contributed by atoms with Gasteiger partial charge in [0, 0.05) is 6.42 Å². The molecule has 1 saturated carbocycles. The summed E-state index contributed by atoms with van der Waals surface area (Å²) in [6.45, 7) is 10.9. The van der Waals surface area contributed by atoms with Crippen molar-refractivity contribution in [3.63, 3.8) is 0 Å². The number of fused-ring (bicyclic) bond motifs is 1. The summed E-state index contributed by atoms with van der Waals surface area (Å²) in [5, 5.41) is 30.3. The zero-order chi connectivity index (χ0) is 22.1. The van der Waals surface area contributed by atoms with Gasteiger partial charge in [-0.25, -0.2) is 0 Å². The second kappa shape index (κ2) is 9.46. The lowest BCUT2D eigenvalue weighted by Gasteiger charge is -2.44. The molecule has 6 atom stereocenters. The van der Waals surface area contributed by atoms with Crippen LogP contribution in [0.1, 0.15) is 105 Å². The highest BCUT2D eigenvalue weighted by Crippen LogP contribution is 2.59. The SMILES string of the molecule is CC1=C(CCC2=CCC[C@]3(C)[C@@H]([C@H](C)CCCC(C)(C)O)CC[C@@H]23)C[C@@H](O)C[C@@H]1O. The summed E-state index contributed by atoms with van der Waals surface area (Å²) in [4.78, 5) is 0. The van der Waals surface area contributed by atoms with Gasteiger partial charge in [-0.05, 0) is 101 Å². The number of hydrogen-bond acceptors (Lipinski definition) is 3. The van der Waals surface area contributed by atoms with Crippen molar-refractivity contribution in [2.45, 2.75) is 123 Å². The van der Waals surface area contributed by atoms with Gasteiger partial charge in [-0.3, -0.25) is 0 Å². The van der Waals surface area contributed by atoms with Crippen LogP contribution >= 0.6 is 0 Å². The molecule has 0 radical (unpaired) electrons. The average Bonchev–Trinajstić information content (AvgIpc) is 3.00. The molecular weight excluding hydrogens is 372 g/mol. The summed E-state index contributed by atoms with van der Waals surface area (Å²) < 4.78 is 0. The number of aliphatic hydroxyl groups excluding tert-OH is 2. The van der Waals surface area contributed by atoms with Crippen molar-refractivity contribution in [3.8, 4) is 0 Å². The third-order valence-electron chi connectivity index (χ3n) is 8.83. The van der Waals surface area contributed by atoms with Crippen LogP contribution in [0.15, 0.2) is 22.8 Å². The Labute approximate surface area is 184 Å². The highest BCUT2D eigenvalue weighted by atomic mass is 16.3. The number of allylic oxidation sites excluding steroid dienone is 2. The zero-order valence-corrected chi connectivity index (χ0v) is 20.1. The Morgan fingerprint density at radius 3 is 2.63 bits per heavy atom. The molecule has 0 saturated heterocycles. The predicted octanol–water partition coefficient (Wildman–Crippen LogP) is 5.93. The highest BCUT2D eigenvalue weighted by Gasteiger charge is 2.49. The van der Waals surface area contributed by atoms with Crippen molar-refractivity contribution < 1.29 is 15.3 Å². The topological polar surface area (TPSA) is 60.7 Å². The molecule has 0 aromatic heterocycles. The van der Waals surface area contributed by atoms with Crippen LogP contribution in [0.25, 0.3) is 0 Å². The Morgan fingerprint density at radius 1 is 1.20 bits per heavy atom. The first-order chi connectivity index (χ1) is 14.0. The predicted molar refractivity (Wildman–Crippen MR) is 124 cm³/mol. The average molecular weight is 419 g/mol. The molecule has 0 aliphatic heterocycles. The Kier molecular flexibility index (Phi) is 7.58. The van der Waals surface area contributed by atoms with Crippen molar-refractivity contribution in [2.75, 3.05) is 0 Å². The van der Waals surface area contributed by atoms with Crippen LogP contribution in [0.2, 0.25) is 0 Å². The summed E-state index contributed by atoms with van der Waals surface area (Å²) in [5.41, 5.74) is 3.89. The summed E-state index contributed by atoms with van der Waals surface area (Å²) in [7, 11) is 0. The van der Waals surface area contributed by atoms with Gasteiger partial charge in [-0.1, -0.05) is 43.9 Å². The minimum absolute atomic E-state index is 0.384. The third-order valence-corrected chi connectivity index (χ3v) is 8.83. The van der Waals surface area contributed by atoms with Crippen LogP contribution in [-0.4, -0.2) is 33.1 Å². The summed E-state index contributed by atoms with van der Waals surface area (Å²) in [6.07, 6.45) is 13.3. The molecule has 3 N–H and O–H groups in total. The fraction of sp³-hybridized carbons (Fsp3) is 0.852. The van der Waals surface area contributed by atoms with Gasteiger partial charge in [0.2, 0.25) is 0 Å². The Balaban J connectivity index is 1.61. The lowest BCUT2D eigenvalue weighted by molar-refractivity contribution is 0.0609. The lowest BCUT2D eigenvalue weighted by Crippen LogP contribution is -2.35. The van der Waals surface area contributed by atoms with Crippen molar-refractivity contribution in [1.29, 1.82) is 0 Å². The van der Waals surface area contributed by atoms with Gasteiger partial charge in [-0.15, -0.1) is 0 Å². The molecule has 3 heteroatoms. The Morgan fingerprint density at radius 2 is 1.93 bits per heavy atom.